The van der Waals surface area contributed by atoms with Gasteiger partial charge in [-0.25, -0.2) is 0 Å². The monoisotopic (exact) mass is 253 g/mol. The fourth-order valence-electron chi connectivity index (χ4n) is 1.79. The molecule has 0 radical (unpaired) electrons. The summed E-state index contributed by atoms with van der Waals surface area (Å²) in [5.74, 6) is 0.614. The normalized spacial score (nSPS) is 9.89. The highest BCUT2D eigenvalue weighted by molar-refractivity contribution is 5.45. The Bertz CT molecular complexity index is 576. The summed E-state index contributed by atoms with van der Waals surface area (Å²) in [6.45, 7) is 1.48. The summed E-state index contributed by atoms with van der Waals surface area (Å²) in [5, 5.41) is 12.2. The third-order valence-corrected chi connectivity index (χ3v) is 2.77. The number of aromatic nitrogens is 1. The molecule has 0 spiro atoms. The van der Waals surface area contributed by atoms with Crippen molar-refractivity contribution >= 4 is 0 Å². The molecule has 1 heterocycles. The summed E-state index contributed by atoms with van der Waals surface area (Å²) < 4.78 is 5.18. The van der Waals surface area contributed by atoms with Crippen molar-refractivity contribution in [3.8, 4) is 11.8 Å². The molecule has 1 N–H and O–H groups in total. The van der Waals surface area contributed by atoms with E-state index in [0.29, 0.717) is 11.3 Å². The first kappa shape index (κ1) is 13.1. The number of hydrogen-bond donors (Lipinski definition) is 1. The first-order valence-electron chi connectivity index (χ1n) is 6.00. The smallest absolute Gasteiger partial charge is 0.136 e. The van der Waals surface area contributed by atoms with Crippen molar-refractivity contribution in [1.82, 2.24) is 10.3 Å². The van der Waals surface area contributed by atoms with Crippen LogP contribution in [-0.4, -0.2) is 12.1 Å². The summed E-state index contributed by atoms with van der Waals surface area (Å²) in [6.07, 6.45) is 3.60. The lowest BCUT2D eigenvalue weighted by Crippen LogP contribution is -2.12. The van der Waals surface area contributed by atoms with E-state index in [1.54, 1.807) is 19.4 Å². The maximum atomic E-state index is 8.91. The maximum Gasteiger partial charge on any atom is 0.136 e. The van der Waals surface area contributed by atoms with Gasteiger partial charge in [-0.2, -0.15) is 5.26 Å². The second-order valence-electron chi connectivity index (χ2n) is 4.11. The molecule has 1 aromatic heterocycles. The largest absolute Gasteiger partial charge is 0.495 e. The molecule has 0 unspecified atom stereocenters. The minimum Gasteiger partial charge on any atom is -0.495 e. The molecule has 0 aliphatic carbocycles. The standard InChI is InChI=1S/C15H15N3O/c1-19-15-7-12(4-5-14(15)8-16)9-18-11-13-3-2-6-17-10-13/h2-7,10,18H,9,11H2,1H3. The highest BCUT2D eigenvalue weighted by Crippen LogP contribution is 2.19. The van der Waals surface area contributed by atoms with Crippen LogP contribution in [0.25, 0.3) is 0 Å². The number of hydrogen-bond acceptors (Lipinski definition) is 4. The molecule has 2 rings (SSSR count). The summed E-state index contributed by atoms with van der Waals surface area (Å²) in [7, 11) is 1.57. The van der Waals surface area contributed by atoms with Crippen LogP contribution < -0.4 is 10.1 Å². The number of rotatable bonds is 5. The fourth-order valence-corrected chi connectivity index (χ4v) is 1.79. The molecule has 0 atom stereocenters. The van der Waals surface area contributed by atoms with Crippen LogP contribution in [0.4, 0.5) is 0 Å². The first-order chi connectivity index (χ1) is 9.33. The number of nitrogens with one attached hydrogen (secondary N) is 1. The molecule has 19 heavy (non-hydrogen) atoms. The molecule has 0 bridgehead atoms. The van der Waals surface area contributed by atoms with Crippen LogP contribution in [0.2, 0.25) is 0 Å². The minimum absolute atomic E-state index is 0.554. The van der Waals surface area contributed by atoms with Gasteiger partial charge in [0.2, 0.25) is 0 Å². The van der Waals surface area contributed by atoms with Crippen molar-refractivity contribution in [2.75, 3.05) is 7.11 Å². The van der Waals surface area contributed by atoms with Crippen LogP contribution in [0.15, 0.2) is 42.7 Å². The molecule has 4 nitrogen and oxygen atoms in total. The molecule has 2 aromatic rings. The number of ether oxygens (including phenoxy) is 1. The van der Waals surface area contributed by atoms with Gasteiger partial charge in [-0.05, 0) is 29.3 Å². The van der Waals surface area contributed by atoms with E-state index >= 15 is 0 Å². The Balaban J connectivity index is 1.95. The topological polar surface area (TPSA) is 57.9 Å². The first-order valence-corrected chi connectivity index (χ1v) is 6.00. The lowest BCUT2D eigenvalue weighted by molar-refractivity contribution is 0.412. The van der Waals surface area contributed by atoms with Gasteiger partial charge in [0, 0.05) is 25.5 Å². The van der Waals surface area contributed by atoms with Crippen LogP contribution in [0.3, 0.4) is 0 Å². The van der Waals surface area contributed by atoms with Gasteiger partial charge in [0.15, 0.2) is 0 Å². The predicted octanol–water partition coefficient (Wildman–Crippen LogP) is 2.25. The summed E-state index contributed by atoms with van der Waals surface area (Å²) >= 11 is 0. The Kier molecular flexibility index (Phi) is 4.49. The van der Waals surface area contributed by atoms with E-state index in [-0.39, 0.29) is 0 Å². The molecule has 0 fully saturated rings. The molecular formula is C15H15N3O. The summed E-state index contributed by atoms with van der Waals surface area (Å²) in [5.41, 5.74) is 2.78. The second kappa shape index (κ2) is 6.53. The van der Waals surface area contributed by atoms with E-state index in [9.17, 15) is 0 Å². The summed E-state index contributed by atoms with van der Waals surface area (Å²) in [4.78, 5) is 4.06. The Morgan fingerprint density at radius 1 is 1.26 bits per heavy atom. The summed E-state index contributed by atoms with van der Waals surface area (Å²) in [6, 6.07) is 11.6. The Morgan fingerprint density at radius 3 is 2.79 bits per heavy atom. The van der Waals surface area contributed by atoms with Crippen LogP contribution in [0, 0.1) is 11.3 Å². The minimum atomic E-state index is 0.554. The molecule has 4 heteroatoms. The molecule has 96 valence electrons. The number of benzene rings is 1. The van der Waals surface area contributed by atoms with E-state index in [0.717, 1.165) is 24.2 Å². The highest BCUT2D eigenvalue weighted by Gasteiger charge is 2.03. The van der Waals surface area contributed by atoms with Gasteiger partial charge in [-0.1, -0.05) is 12.1 Å². The molecule has 0 saturated carbocycles. The Hall–Kier alpha value is -2.38. The van der Waals surface area contributed by atoms with Gasteiger partial charge < -0.3 is 10.1 Å². The van der Waals surface area contributed by atoms with Crippen LogP contribution in [0.1, 0.15) is 16.7 Å². The quantitative estimate of drug-likeness (QED) is 0.888. The number of pyridine rings is 1. The molecule has 0 saturated heterocycles. The number of nitriles is 1. The zero-order valence-corrected chi connectivity index (χ0v) is 10.8. The van der Waals surface area contributed by atoms with E-state index in [1.165, 1.54) is 0 Å². The van der Waals surface area contributed by atoms with Crippen LogP contribution in [0.5, 0.6) is 5.75 Å². The van der Waals surface area contributed by atoms with Gasteiger partial charge in [0.1, 0.15) is 11.8 Å². The lowest BCUT2D eigenvalue weighted by atomic mass is 10.1. The van der Waals surface area contributed by atoms with E-state index < -0.39 is 0 Å². The second-order valence-corrected chi connectivity index (χ2v) is 4.11. The van der Waals surface area contributed by atoms with Gasteiger partial charge in [-0.15, -0.1) is 0 Å². The maximum absolute atomic E-state index is 8.91. The third-order valence-electron chi connectivity index (χ3n) is 2.77. The molecular weight excluding hydrogens is 238 g/mol. The average molecular weight is 253 g/mol. The number of nitrogens with zero attached hydrogens (tertiary/aromatic N) is 2. The molecule has 0 aliphatic rings. The molecule has 1 aromatic carbocycles. The van der Waals surface area contributed by atoms with Crippen molar-refractivity contribution in [1.29, 1.82) is 5.26 Å². The zero-order valence-electron chi connectivity index (χ0n) is 10.8. The zero-order chi connectivity index (χ0) is 13.5. The van der Waals surface area contributed by atoms with Gasteiger partial charge in [0.25, 0.3) is 0 Å². The van der Waals surface area contributed by atoms with Crippen molar-refractivity contribution < 1.29 is 4.74 Å². The van der Waals surface area contributed by atoms with E-state index in [2.05, 4.69) is 16.4 Å². The Morgan fingerprint density at radius 2 is 2.11 bits per heavy atom. The van der Waals surface area contributed by atoms with Crippen molar-refractivity contribution in [3.05, 3.63) is 59.4 Å². The fraction of sp³-hybridized carbons (Fsp3) is 0.200. The van der Waals surface area contributed by atoms with E-state index in [1.807, 2.05) is 30.5 Å². The lowest BCUT2D eigenvalue weighted by Gasteiger charge is -2.08. The van der Waals surface area contributed by atoms with Gasteiger partial charge in [-0.3, -0.25) is 4.98 Å². The van der Waals surface area contributed by atoms with Crippen molar-refractivity contribution in [2.45, 2.75) is 13.1 Å². The Labute approximate surface area is 112 Å². The average Bonchev–Trinajstić information content (AvgIpc) is 2.48. The SMILES string of the molecule is COc1cc(CNCc2cccnc2)ccc1C#N. The van der Waals surface area contributed by atoms with Crippen LogP contribution in [-0.2, 0) is 13.1 Å². The van der Waals surface area contributed by atoms with Crippen LogP contribution >= 0.6 is 0 Å². The van der Waals surface area contributed by atoms with Crippen molar-refractivity contribution in [3.63, 3.8) is 0 Å². The molecule has 0 aliphatic heterocycles. The molecule has 0 amide bonds. The van der Waals surface area contributed by atoms with Gasteiger partial charge >= 0.3 is 0 Å². The predicted molar refractivity (Wildman–Crippen MR) is 72.5 cm³/mol. The van der Waals surface area contributed by atoms with E-state index in [4.69, 9.17) is 10.00 Å². The van der Waals surface area contributed by atoms with Crippen molar-refractivity contribution in [2.24, 2.45) is 0 Å². The third kappa shape index (κ3) is 3.54. The van der Waals surface area contributed by atoms with Gasteiger partial charge in [0.05, 0.1) is 12.7 Å². The highest BCUT2D eigenvalue weighted by atomic mass is 16.5. The number of methoxy groups -OCH3 is 1.